The Labute approximate surface area is 202 Å². The van der Waals surface area contributed by atoms with E-state index in [1.165, 1.54) is 0 Å². The van der Waals surface area contributed by atoms with Crippen molar-refractivity contribution in [3.63, 3.8) is 0 Å². The quantitative estimate of drug-likeness (QED) is 0.476. The number of aromatic nitrogens is 2. The molecule has 1 N–H and O–H groups in total. The van der Waals surface area contributed by atoms with Crippen molar-refractivity contribution in [1.29, 1.82) is 0 Å². The molecule has 1 aromatic carbocycles. The van der Waals surface area contributed by atoms with Gasteiger partial charge in [-0.05, 0) is 58.3 Å². The van der Waals surface area contributed by atoms with Crippen LogP contribution in [0, 0.1) is 25.2 Å². The summed E-state index contributed by atoms with van der Waals surface area (Å²) in [6.07, 6.45) is 1.11. The number of para-hydroxylation sites is 1. The molecule has 2 heterocycles. The fourth-order valence-electron chi connectivity index (χ4n) is 4.77. The van der Waals surface area contributed by atoms with Gasteiger partial charge in [-0.3, -0.25) is 14.4 Å². The molecule has 0 atom stereocenters. The van der Waals surface area contributed by atoms with E-state index in [0.717, 1.165) is 12.2 Å². The monoisotopic (exact) mass is 467 g/mol. The van der Waals surface area contributed by atoms with Gasteiger partial charge in [-0.2, -0.15) is 5.10 Å². The molecule has 2 amide bonds. The highest BCUT2D eigenvalue weighted by Gasteiger charge is 2.33. The SMILES string of the molecule is Cc1nn(-c2ccccc2)c(C)c1C(=O)C(=O)N1CCC(C(=O)NCC(C)(C)CN(C)C)CC1. The molecule has 0 spiro atoms. The summed E-state index contributed by atoms with van der Waals surface area (Å²) in [5, 5.41) is 7.57. The first-order valence-corrected chi connectivity index (χ1v) is 11.9. The van der Waals surface area contributed by atoms with E-state index in [9.17, 15) is 14.4 Å². The summed E-state index contributed by atoms with van der Waals surface area (Å²) in [7, 11) is 4.04. The zero-order valence-corrected chi connectivity index (χ0v) is 21.2. The lowest BCUT2D eigenvalue weighted by Gasteiger charge is -2.32. The van der Waals surface area contributed by atoms with Crippen molar-refractivity contribution >= 4 is 17.6 Å². The zero-order chi connectivity index (χ0) is 25.0. The molecule has 0 saturated carbocycles. The highest BCUT2D eigenvalue weighted by Crippen LogP contribution is 2.22. The Hall–Kier alpha value is -3.00. The van der Waals surface area contributed by atoms with E-state index in [1.54, 1.807) is 16.5 Å². The topological polar surface area (TPSA) is 87.5 Å². The van der Waals surface area contributed by atoms with Crippen LogP contribution in [0.4, 0.5) is 0 Å². The van der Waals surface area contributed by atoms with Crippen LogP contribution in [-0.4, -0.2) is 77.5 Å². The van der Waals surface area contributed by atoms with Gasteiger partial charge in [0.15, 0.2) is 0 Å². The Balaban J connectivity index is 1.59. The number of amides is 2. The van der Waals surface area contributed by atoms with Crippen LogP contribution in [0.25, 0.3) is 5.69 Å². The molecule has 1 saturated heterocycles. The maximum Gasteiger partial charge on any atom is 0.295 e. The number of hydrogen-bond acceptors (Lipinski definition) is 5. The van der Waals surface area contributed by atoms with Gasteiger partial charge in [0.2, 0.25) is 5.91 Å². The summed E-state index contributed by atoms with van der Waals surface area (Å²) in [4.78, 5) is 42.5. The maximum absolute atomic E-state index is 13.1. The predicted molar refractivity (Wildman–Crippen MR) is 132 cm³/mol. The highest BCUT2D eigenvalue weighted by atomic mass is 16.2. The standard InChI is InChI=1S/C26H37N5O3/c1-18-22(19(2)31(28-18)21-10-8-7-9-11-21)23(32)25(34)30-14-12-20(13-15-30)24(33)27-16-26(3,4)17-29(5)6/h7-11,20H,12-17H2,1-6H3,(H,27,33). The Kier molecular flexibility index (Phi) is 7.92. The van der Waals surface area contributed by atoms with E-state index in [2.05, 4.69) is 29.2 Å². The van der Waals surface area contributed by atoms with Crippen molar-refractivity contribution in [3.8, 4) is 5.69 Å². The minimum atomic E-state index is -0.537. The molecule has 3 rings (SSSR count). The predicted octanol–water partition coefficient (Wildman–Crippen LogP) is 2.61. The number of piperidine rings is 1. The number of nitrogens with one attached hydrogen (secondary N) is 1. The van der Waals surface area contributed by atoms with Crippen molar-refractivity contribution < 1.29 is 14.4 Å². The Bertz CT molecular complexity index is 1030. The Morgan fingerprint density at radius 1 is 1.09 bits per heavy atom. The van der Waals surface area contributed by atoms with Gasteiger partial charge in [0.1, 0.15) is 0 Å². The molecule has 0 aliphatic carbocycles. The highest BCUT2D eigenvalue weighted by molar-refractivity contribution is 6.43. The second-order valence-corrected chi connectivity index (χ2v) is 10.3. The second kappa shape index (κ2) is 10.5. The maximum atomic E-state index is 13.1. The van der Waals surface area contributed by atoms with Crippen LogP contribution < -0.4 is 5.32 Å². The third-order valence-corrected chi connectivity index (χ3v) is 6.35. The average Bonchev–Trinajstić information content (AvgIpc) is 3.10. The molecule has 0 bridgehead atoms. The third-order valence-electron chi connectivity index (χ3n) is 6.35. The number of ketones is 1. The van der Waals surface area contributed by atoms with E-state index >= 15 is 0 Å². The van der Waals surface area contributed by atoms with Gasteiger partial charge in [0, 0.05) is 32.1 Å². The van der Waals surface area contributed by atoms with Gasteiger partial charge in [0.05, 0.1) is 22.6 Å². The minimum absolute atomic E-state index is 0.0256. The van der Waals surface area contributed by atoms with Gasteiger partial charge in [-0.25, -0.2) is 4.68 Å². The molecule has 1 fully saturated rings. The number of nitrogens with zero attached hydrogens (tertiary/aromatic N) is 4. The van der Waals surface area contributed by atoms with E-state index in [4.69, 9.17) is 0 Å². The minimum Gasteiger partial charge on any atom is -0.355 e. The average molecular weight is 468 g/mol. The number of hydrogen-bond donors (Lipinski definition) is 1. The second-order valence-electron chi connectivity index (χ2n) is 10.3. The molecule has 0 unspecified atom stereocenters. The molecule has 2 aromatic rings. The van der Waals surface area contributed by atoms with Gasteiger partial charge in [-0.1, -0.05) is 32.0 Å². The van der Waals surface area contributed by atoms with E-state index < -0.39 is 11.7 Å². The number of rotatable bonds is 8. The van der Waals surface area contributed by atoms with Crippen molar-refractivity contribution in [1.82, 2.24) is 24.9 Å². The van der Waals surface area contributed by atoms with Gasteiger partial charge >= 0.3 is 0 Å². The lowest BCUT2D eigenvalue weighted by Crippen LogP contribution is -2.47. The Morgan fingerprint density at radius 3 is 2.29 bits per heavy atom. The van der Waals surface area contributed by atoms with Gasteiger partial charge in [-0.15, -0.1) is 0 Å². The van der Waals surface area contributed by atoms with Crippen LogP contribution in [0.3, 0.4) is 0 Å². The summed E-state index contributed by atoms with van der Waals surface area (Å²) >= 11 is 0. The number of carbonyl (C=O) groups excluding carboxylic acids is 3. The molecule has 34 heavy (non-hydrogen) atoms. The van der Waals surface area contributed by atoms with Crippen molar-refractivity contribution in [2.75, 3.05) is 40.3 Å². The first-order valence-electron chi connectivity index (χ1n) is 11.9. The summed E-state index contributed by atoms with van der Waals surface area (Å²) in [5.41, 5.74) is 2.36. The lowest BCUT2D eigenvalue weighted by atomic mass is 9.91. The first-order chi connectivity index (χ1) is 16.0. The zero-order valence-electron chi connectivity index (χ0n) is 21.2. The first kappa shape index (κ1) is 25.6. The molecule has 1 aliphatic heterocycles. The lowest BCUT2D eigenvalue weighted by molar-refractivity contribution is -0.132. The largest absolute Gasteiger partial charge is 0.355 e. The van der Waals surface area contributed by atoms with Gasteiger partial charge in [0.25, 0.3) is 11.7 Å². The summed E-state index contributed by atoms with van der Waals surface area (Å²) in [6.45, 7) is 10.1. The number of carbonyl (C=O) groups is 3. The number of Topliss-reactive ketones (excluding diaryl/α,β-unsaturated/α-hetero) is 1. The van der Waals surface area contributed by atoms with Crippen LogP contribution in [0.1, 0.15) is 48.4 Å². The van der Waals surface area contributed by atoms with E-state index in [0.29, 0.717) is 49.4 Å². The number of benzene rings is 1. The molecule has 1 aliphatic rings. The summed E-state index contributed by atoms with van der Waals surface area (Å²) in [5.74, 6) is -1.17. The smallest absolute Gasteiger partial charge is 0.295 e. The molecule has 184 valence electrons. The van der Waals surface area contributed by atoms with Crippen molar-refractivity contribution in [2.24, 2.45) is 11.3 Å². The summed E-state index contributed by atoms with van der Waals surface area (Å²) < 4.78 is 1.70. The molecule has 0 radical (unpaired) electrons. The Morgan fingerprint density at radius 2 is 1.71 bits per heavy atom. The van der Waals surface area contributed by atoms with Crippen LogP contribution >= 0.6 is 0 Å². The number of likely N-dealkylation sites (tertiary alicyclic amines) is 1. The normalized spacial score (nSPS) is 15.0. The van der Waals surface area contributed by atoms with Crippen molar-refractivity contribution in [3.05, 3.63) is 47.3 Å². The van der Waals surface area contributed by atoms with Gasteiger partial charge < -0.3 is 15.1 Å². The van der Waals surface area contributed by atoms with Crippen LogP contribution in [0.5, 0.6) is 0 Å². The van der Waals surface area contributed by atoms with E-state index in [1.807, 2.05) is 51.4 Å². The van der Waals surface area contributed by atoms with Crippen LogP contribution in [-0.2, 0) is 9.59 Å². The van der Waals surface area contributed by atoms with Crippen LogP contribution in [0.15, 0.2) is 30.3 Å². The van der Waals surface area contributed by atoms with E-state index in [-0.39, 0.29) is 17.2 Å². The fourth-order valence-corrected chi connectivity index (χ4v) is 4.77. The molecule has 8 nitrogen and oxygen atoms in total. The summed E-state index contributed by atoms with van der Waals surface area (Å²) in [6, 6.07) is 9.54. The third kappa shape index (κ3) is 5.91. The molecule has 8 heteroatoms. The molecular weight excluding hydrogens is 430 g/mol. The van der Waals surface area contributed by atoms with Crippen LogP contribution in [0.2, 0.25) is 0 Å². The molecular formula is C26H37N5O3. The molecule has 1 aromatic heterocycles. The van der Waals surface area contributed by atoms with Crippen molar-refractivity contribution in [2.45, 2.75) is 40.5 Å². The number of aryl methyl sites for hydroxylation is 1. The fraction of sp³-hybridized carbons (Fsp3) is 0.538.